The van der Waals surface area contributed by atoms with E-state index in [0.29, 0.717) is 5.69 Å². The lowest BCUT2D eigenvalue weighted by atomic mass is 10.1. The van der Waals surface area contributed by atoms with Crippen LogP contribution in [0.25, 0.3) is 0 Å². The van der Waals surface area contributed by atoms with E-state index in [-0.39, 0.29) is 23.1 Å². The molecule has 0 atom stereocenters. The van der Waals surface area contributed by atoms with Gasteiger partial charge in [-0.25, -0.2) is 4.79 Å². The van der Waals surface area contributed by atoms with Crippen LogP contribution >= 0.6 is 0 Å². The summed E-state index contributed by atoms with van der Waals surface area (Å²) >= 11 is 0. The number of amides is 1. The first-order chi connectivity index (χ1) is 7.41. The SMILES string of the molecule is CC(C)C(=O)Nc1ccc(O)c(C(=O)O)c1. The second-order valence-corrected chi connectivity index (χ2v) is 3.68. The van der Waals surface area contributed by atoms with E-state index in [1.165, 1.54) is 18.2 Å². The van der Waals surface area contributed by atoms with Crippen LogP contribution in [0.4, 0.5) is 5.69 Å². The molecule has 0 spiro atoms. The minimum Gasteiger partial charge on any atom is -0.507 e. The quantitative estimate of drug-likeness (QED) is 0.680. The number of hydrogen-bond donors (Lipinski definition) is 3. The molecule has 5 heteroatoms. The van der Waals surface area contributed by atoms with Gasteiger partial charge >= 0.3 is 5.97 Å². The van der Waals surface area contributed by atoms with E-state index in [0.717, 1.165) is 0 Å². The molecule has 0 fully saturated rings. The number of aromatic carboxylic acids is 1. The normalized spacial score (nSPS) is 10.2. The van der Waals surface area contributed by atoms with Crippen LogP contribution in [-0.4, -0.2) is 22.1 Å². The van der Waals surface area contributed by atoms with Crippen molar-refractivity contribution >= 4 is 17.6 Å². The monoisotopic (exact) mass is 223 g/mol. The Bertz CT molecular complexity index is 426. The number of carbonyl (C=O) groups is 2. The first kappa shape index (κ1) is 12.0. The maximum atomic E-state index is 11.4. The summed E-state index contributed by atoms with van der Waals surface area (Å²) in [5.41, 5.74) is 0.121. The Morgan fingerprint density at radius 2 is 1.94 bits per heavy atom. The fraction of sp³-hybridized carbons (Fsp3) is 0.273. The fourth-order valence-electron chi connectivity index (χ4n) is 1.07. The number of anilines is 1. The highest BCUT2D eigenvalue weighted by atomic mass is 16.4. The summed E-state index contributed by atoms with van der Waals surface area (Å²) in [5.74, 6) is -1.96. The minimum absolute atomic E-state index is 0.193. The molecule has 0 saturated carbocycles. The summed E-state index contributed by atoms with van der Waals surface area (Å²) in [6.45, 7) is 3.46. The van der Waals surface area contributed by atoms with Crippen molar-refractivity contribution in [1.82, 2.24) is 0 Å². The molecular weight excluding hydrogens is 210 g/mol. The third-order valence-corrected chi connectivity index (χ3v) is 2.02. The molecule has 1 aromatic carbocycles. The molecular formula is C11H13NO4. The van der Waals surface area contributed by atoms with Crippen LogP contribution in [0.15, 0.2) is 18.2 Å². The largest absolute Gasteiger partial charge is 0.507 e. The second-order valence-electron chi connectivity index (χ2n) is 3.68. The summed E-state index contributed by atoms with van der Waals surface area (Å²) in [5, 5.41) is 20.6. The van der Waals surface area contributed by atoms with Crippen molar-refractivity contribution in [2.24, 2.45) is 5.92 Å². The Labute approximate surface area is 92.7 Å². The standard InChI is InChI=1S/C11H13NO4/c1-6(2)10(14)12-7-3-4-9(13)8(5-7)11(15)16/h3-6,13H,1-2H3,(H,12,14)(H,15,16). The van der Waals surface area contributed by atoms with E-state index in [1.807, 2.05) is 0 Å². The number of carboxylic acids is 1. The molecule has 86 valence electrons. The van der Waals surface area contributed by atoms with Gasteiger partial charge in [-0.1, -0.05) is 13.8 Å². The average molecular weight is 223 g/mol. The second kappa shape index (κ2) is 4.65. The zero-order valence-corrected chi connectivity index (χ0v) is 9.02. The number of nitrogens with one attached hydrogen (secondary N) is 1. The third-order valence-electron chi connectivity index (χ3n) is 2.02. The van der Waals surface area contributed by atoms with E-state index in [1.54, 1.807) is 13.8 Å². The number of hydrogen-bond acceptors (Lipinski definition) is 3. The number of carboxylic acid groups (broad SMARTS) is 1. The molecule has 5 nitrogen and oxygen atoms in total. The van der Waals surface area contributed by atoms with E-state index in [4.69, 9.17) is 5.11 Å². The van der Waals surface area contributed by atoms with Gasteiger partial charge in [0.1, 0.15) is 11.3 Å². The van der Waals surface area contributed by atoms with Crippen LogP contribution in [0.2, 0.25) is 0 Å². The molecule has 1 aromatic rings. The molecule has 1 amide bonds. The zero-order valence-electron chi connectivity index (χ0n) is 9.02. The Balaban J connectivity index is 2.95. The van der Waals surface area contributed by atoms with Crippen molar-refractivity contribution in [2.75, 3.05) is 5.32 Å². The van der Waals surface area contributed by atoms with Gasteiger partial charge < -0.3 is 15.5 Å². The van der Waals surface area contributed by atoms with Crippen molar-refractivity contribution < 1.29 is 19.8 Å². The highest BCUT2D eigenvalue weighted by Crippen LogP contribution is 2.21. The lowest BCUT2D eigenvalue weighted by Crippen LogP contribution is -2.17. The number of rotatable bonds is 3. The minimum atomic E-state index is -1.24. The van der Waals surface area contributed by atoms with Crippen molar-refractivity contribution in [2.45, 2.75) is 13.8 Å². The highest BCUT2D eigenvalue weighted by molar-refractivity contribution is 5.96. The van der Waals surface area contributed by atoms with Gasteiger partial charge in [0.15, 0.2) is 0 Å². The Hall–Kier alpha value is -2.04. The first-order valence-corrected chi connectivity index (χ1v) is 4.79. The Morgan fingerprint density at radius 3 is 2.44 bits per heavy atom. The van der Waals surface area contributed by atoms with Gasteiger partial charge in [-0.05, 0) is 18.2 Å². The maximum absolute atomic E-state index is 11.4. The molecule has 0 bridgehead atoms. The summed E-state index contributed by atoms with van der Waals surface area (Å²) in [4.78, 5) is 22.1. The first-order valence-electron chi connectivity index (χ1n) is 4.79. The highest BCUT2D eigenvalue weighted by Gasteiger charge is 2.12. The van der Waals surface area contributed by atoms with E-state index >= 15 is 0 Å². The van der Waals surface area contributed by atoms with E-state index in [2.05, 4.69) is 5.32 Å². The van der Waals surface area contributed by atoms with Crippen molar-refractivity contribution in [3.05, 3.63) is 23.8 Å². The molecule has 16 heavy (non-hydrogen) atoms. The van der Waals surface area contributed by atoms with Gasteiger partial charge in [0, 0.05) is 11.6 Å². The zero-order chi connectivity index (χ0) is 12.3. The van der Waals surface area contributed by atoms with Gasteiger partial charge in [0.05, 0.1) is 0 Å². The Morgan fingerprint density at radius 1 is 1.31 bits per heavy atom. The molecule has 0 aliphatic heterocycles. The Kier molecular flexibility index (Phi) is 3.50. The molecule has 0 heterocycles. The predicted octanol–water partition coefficient (Wildman–Crippen LogP) is 1.68. The number of benzene rings is 1. The maximum Gasteiger partial charge on any atom is 0.339 e. The van der Waals surface area contributed by atoms with Crippen LogP contribution in [0.1, 0.15) is 24.2 Å². The molecule has 0 unspecified atom stereocenters. The van der Waals surface area contributed by atoms with Gasteiger partial charge in [-0.3, -0.25) is 4.79 Å². The summed E-state index contributed by atoms with van der Waals surface area (Å²) < 4.78 is 0. The van der Waals surface area contributed by atoms with Crippen molar-refractivity contribution in [3.8, 4) is 5.75 Å². The molecule has 0 radical (unpaired) electrons. The lowest BCUT2D eigenvalue weighted by molar-refractivity contribution is -0.118. The summed E-state index contributed by atoms with van der Waals surface area (Å²) in [6, 6.07) is 3.90. The molecule has 0 aliphatic rings. The van der Waals surface area contributed by atoms with Gasteiger partial charge in [0.2, 0.25) is 5.91 Å². The van der Waals surface area contributed by atoms with Gasteiger partial charge in [-0.15, -0.1) is 0 Å². The van der Waals surface area contributed by atoms with E-state index < -0.39 is 5.97 Å². The van der Waals surface area contributed by atoms with Crippen LogP contribution < -0.4 is 5.32 Å². The summed E-state index contributed by atoms with van der Waals surface area (Å²) in [6.07, 6.45) is 0. The summed E-state index contributed by atoms with van der Waals surface area (Å²) in [7, 11) is 0. The number of aromatic hydroxyl groups is 1. The topological polar surface area (TPSA) is 86.6 Å². The van der Waals surface area contributed by atoms with Crippen molar-refractivity contribution in [1.29, 1.82) is 0 Å². The van der Waals surface area contributed by atoms with Crippen LogP contribution in [0, 0.1) is 5.92 Å². The van der Waals surface area contributed by atoms with Crippen LogP contribution in [0.3, 0.4) is 0 Å². The molecule has 0 aliphatic carbocycles. The number of phenols is 1. The van der Waals surface area contributed by atoms with Crippen molar-refractivity contribution in [3.63, 3.8) is 0 Å². The van der Waals surface area contributed by atoms with Gasteiger partial charge in [-0.2, -0.15) is 0 Å². The third kappa shape index (κ3) is 2.73. The average Bonchev–Trinajstić information content (AvgIpc) is 2.20. The molecule has 0 aromatic heterocycles. The predicted molar refractivity (Wildman–Crippen MR) is 58.5 cm³/mol. The van der Waals surface area contributed by atoms with E-state index in [9.17, 15) is 14.7 Å². The molecule has 0 saturated heterocycles. The van der Waals surface area contributed by atoms with Crippen LogP contribution in [0.5, 0.6) is 5.75 Å². The molecule has 1 rings (SSSR count). The number of carbonyl (C=O) groups excluding carboxylic acids is 1. The van der Waals surface area contributed by atoms with Gasteiger partial charge in [0.25, 0.3) is 0 Å². The lowest BCUT2D eigenvalue weighted by Gasteiger charge is -2.08. The smallest absolute Gasteiger partial charge is 0.339 e. The molecule has 3 N–H and O–H groups in total. The van der Waals surface area contributed by atoms with Crippen LogP contribution in [-0.2, 0) is 4.79 Å². The fourth-order valence-corrected chi connectivity index (χ4v) is 1.07.